The number of nitrogens with one attached hydrogen (secondary N) is 1. The summed E-state index contributed by atoms with van der Waals surface area (Å²) in [5, 5.41) is 12.8. The van der Waals surface area contributed by atoms with E-state index in [0.717, 1.165) is 12.8 Å². The number of carbonyl (C=O) groups is 3. The number of aliphatic hydroxyl groups excluding tert-OH is 1. The quantitative estimate of drug-likeness (QED) is 0.564. The van der Waals surface area contributed by atoms with Crippen molar-refractivity contribution in [3.63, 3.8) is 0 Å². The Kier molecular flexibility index (Phi) is 5.67. The Labute approximate surface area is 186 Å². The summed E-state index contributed by atoms with van der Waals surface area (Å²) in [6.45, 7) is 4.99. The first-order valence-corrected chi connectivity index (χ1v) is 10.9. The molecule has 0 aliphatic carbocycles. The standard InChI is InChI=1S/C24H28FN3O4/c1-12-9-15(5-8-19(12)25)26-23(31)20-13(2)21(27(4)14(20)3)22(30)24(32)28-16-6-7-17(28)11-18(29)10-16/h5,8-9,16-18,29H,6-7,10-11H2,1-4H3,(H,26,31)/t16-,17+,18+. The highest BCUT2D eigenvalue weighted by Gasteiger charge is 2.45. The molecule has 2 aliphatic heterocycles. The van der Waals surface area contributed by atoms with Crippen LogP contribution in [0.1, 0.15) is 63.4 Å². The van der Waals surface area contributed by atoms with Crippen molar-refractivity contribution < 1.29 is 23.9 Å². The van der Waals surface area contributed by atoms with E-state index in [-0.39, 0.29) is 23.6 Å². The summed E-state index contributed by atoms with van der Waals surface area (Å²) in [4.78, 5) is 41.1. The zero-order valence-corrected chi connectivity index (χ0v) is 18.7. The van der Waals surface area contributed by atoms with Crippen LogP contribution in [0.3, 0.4) is 0 Å². The summed E-state index contributed by atoms with van der Waals surface area (Å²) < 4.78 is 15.1. The van der Waals surface area contributed by atoms with Gasteiger partial charge >= 0.3 is 0 Å². The van der Waals surface area contributed by atoms with E-state index in [1.54, 1.807) is 37.3 Å². The van der Waals surface area contributed by atoms with Crippen molar-refractivity contribution in [1.29, 1.82) is 0 Å². The maximum absolute atomic E-state index is 13.5. The summed E-state index contributed by atoms with van der Waals surface area (Å²) in [5.41, 5.74) is 2.37. The number of rotatable bonds is 4. The molecule has 170 valence electrons. The van der Waals surface area contributed by atoms with Crippen LogP contribution in [0.2, 0.25) is 0 Å². The smallest absolute Gasteiger partial charge is 0.297 e. The number of piperidine rings is 1. The van der Waals surface area contributed by atoms with Crippen LogP contribution in [-0.4, -0.2) is 50.4 Å². The number of fused-ring (bicyclic) bond motifs is 2. The predicted molar refractivity (Wildman–Crippen MR) is 117 cm³/mol. The molecule has 2 saturated heterocycles. The SMILES string of the molecule is Cc1cc(NC(=O)c2c(C)c(C(=O)C(=O)N3[C@@H]4CC[C@H]3C[C@@H](O)C4)n(C)c2C)ccc1F. The van der Waals surface area contributed by atoms with Crippen LogP contribution in [0.5, 0.6) is 0 Å². The van der Waals surface area contributed by atoms with Crippen LogP contribution >= 0.6 is 0 Å². The highest BCUT2D eigenvalue weighted by Crippen LogP contribution is 2.36. The fourth-order valence-electron chi connectivity index (χ4n) is 5.25. The zero-order chi connectivity index (χ0) is 23.3. The molecule has 4 rings (SSSR count). The Morgan fingerprint density at radius 3 is 2.31 bits per heavy atom. The number of anilines is 1. The molecule has 2 aliphatic rings. The normalized spacial score (nSPS) is 22.2. The molecule has 2 fully saturated rings. The van der Waals surface area contributed by atoms with Crippen LogP contribution in [0.4, 0.5) is 10.1 Å². The van der Waals surface area contributed by atoms with Gasteiger partial charge in [0.25, 0.3) is 17.6 Å². The highest BCUT2D eigenvalue weighted by molar-refractivity contribution is 6.43. The molecule has 8 heteroatoms. The molecule has 3 heterocycles. The first kappa shape index (κ1) is 22.2. The third-order valence-corrected chi connectivity index (χ3v) is 6.93. The van der Waals surface area contributed by atoms with Crippen LogP contribution < -0.4 is 5.32 Å². The van der Waals surface area contributed by atoms with Gasteiger partial charge in [-0.05, 0) is 75.8 Å². The molecule has 0 radical (unpaired) electrons. The van der Waals surface area contributed by atoms with Gasteiger partial charge in [0.05, 0.1) is 17.4 Å². The minimum Gasteiger partial charge on any atom is -0.393 e. The number of hydrogen-bond acceptors (Lipinski definition) is 4. The van der Waals surface area contributed by atoms with E-state index in [9.17, 15) is 23.9 Å². The minimum atomic E-state index is -0.641. The Hall–Kier alpha value is -3.00. The summed E-state index contributed by atoms with van der Waals surface area (Å²) in [6, 6.07) is 4.06. The number of aliphatic hydroxyl groups is 1. The second kappa shape index (κ2) is 8.16. The Morgan fingerprint density at radius 1 is 1.09 bits per heavy atom. The number of aromatic nitrogens is 1. The molecule has 2 aromatic rings. The molecule has 0 saturated carbocycles. The van der Waals surface area contributed by atoms with Crippen LogP contribution in [0.25, 0.3) is 0 Å². The Balaban J connectivity index is 1.61. The summed E-state index contributed by atoms with van der Waals surface area (Å²) in [6.07, 6.45) is 2.13. The van der Waals surface area contributed by atoms with Gasteiger partial charge in [-0.15, -0.1) is 0 Å². The Bertz CT molecular complexity index is 1110. The summed E-state index contributed by atoms with van der Waals surface area (Å²) >= 11 is 0. The number of amides is 2. The van der Waals surface area contributed by atoms with Crippen molar-refractivity contribution in [2.45, 2.75) is 64.6 Å². The van der Waals surface area contributed by atoms with Crippen LogP contribution in [0, 0.1) is 26.6 Å². The molecule has 2 bridgehead atoms. The van der Waals surface area contributed by atoms with E-state index in [2.05, 4.69) is 5.32 Å². The third kappa shape index (κ3) is 3.62. The maximum Gasteiger partial charge on any atom is 0.297 e. The van der Waals surface area contributed by atoms with Crippen molar-refractivity contribution in [1.82, 2.24) is 9.47 Å². The molecular weight excluding hydrogens is 413 g/mol. The molecule has 0 unspecified atom stereocenters. The van der Waals surface area contributed by atoms with E-state index in [1.165, 1.54) is 18.2 Å². The molecule has 2 amide bonds. The van der Waals surface area contributed by atoms with E-state index in [0.29, 0.717) is 40.9 Å². The van der Waals surface area contributed by atoms with Crippen LogP contribution in [-0.2, 0) is 11.8 Å². The van der Waals surface area contributed by atoms with Crippen LogP contribution in [0.15, 0.2) is 18.2 Å². The largest absolute Gasteiger partial charge is 0.393 e. The number of carbonyl (C=O) groups excluding carboxylic acids is 3. The molecular formula is C24H28FN3O4. The topological polar surface area (TPSA) is 91.6 Å². The molecule has 1 aromatic carbocycles. The lowest BCUT2D eigenvalue weighted by Crippen LogP contribution is -2.50. The fourth-order valence-corrected chi connectivity index (χ4v) is 5.25. The Morgan fingerprint density at radius 2 is 1.72 bits per heavy atom. The van der Waals surface area contributed by atoms with Gasteiger partial charge in [-0.2, -0.15) is 0 Å². The lowest BCUT2D eigenvalue weighted by molar-refractivity contribution is -0.132. The number of aryl methyl sites for hydroxylation is 1. The van der Waals surface area contributed by atoms with Gasteiger partial charge in [-0.25, -0.2) is 4.39 Å². The zero-order valence-electron chi connectivity index (χ0n) is 18.7. The number of Topliss-reactive ketones (excluding diaryl/α,β-unsaturated/α-hetero) is 1. The molecule has 2 N–H and O–H groups in total. The number of ketones is 1. The lowest BCUT2D eigenvalue weighted by atomic mass is 9.98. The van der Waals surface area contributed by atoms with E-state index < -0.39 is 23.7 Å². The third-order valence-electron chi connectivity index (χ3n) is 6.93. The van der Waals surface area contributed by atoms with Gasteiger partial charge in [0.15, 0.2) is 0 Å². The molecule has 3 atom stereocenters. The number of halogens is 1. The average Bonchev–Trinajstić information content (AvgIpc) is 3.13. The number of benzene rings is 1. The monoisotopic (exact) mass is 441 g/mol. The minimum absolute atomic E-state index is 0.119. The molecule has 32 heavy (non-hydrogen) atoms. The maximum atomic E-state index is 13.5. The average molecular weight is 442 g/mol. The second-order valence-electron chi connectivity index (χ2n) is 8.96. The predicted octanol–water partition coefficient (Wildman–Crippen LogP) is 3.04. The summed E-state index contributed by atoms with van der Waals surface area (Å²) in [5.74, 6) is -2.00. The highest BCUT2D eigenvalue weighted by atomic mass is 19.1. The number of nitrogens with zero attached hydrogens (tertiary/aromatic N) is 2. The fraction of sp³-hybridized carbons (Fsp3) is 0.458. The van der Waals surface area contributed by atoms with Gasteiger partial charge in [-0.1, -0.05) is 0 Å². The van der Waals surface area contributed by atoms with E-state index in [1.807, 2.05) is 0 Å². The molecule has 0 spiro atoms. The van der Waals surface area contributed by atoms with Gasteiger partial charge in [0, 0.05) is 30.5 Å². The van der Waals surface area contributed by atoms with Crippen molar-refractivity contribution in [3.8, 4) is 0 Å². The lowest BCUT2D eigenvalue weighted by Gasteiger charge is -2.36. The van der Waals surface area contributed by atoms with E-state index in [4.69, 9.17) is 0 Å². The van der Waals surface area contributed by atoms with Crippen molar-refractivity contribution in [3.05, 3.63) is 52.1 Å². The van der Waals surface area contributed by atoms with Crippen molar-refractivity contribution in [2.75, 3.05) is 5.32 Å². The van der Waals surface area contributed by atoms with Gasteiger partial charge in [0.1, 0.15) is 5.82 Å². The van der Waals surface area contributed by atoms with E-state index >= 15 is 0 Å². The van der Waals surface area contributed by atoms with Gasteiger partial charge in [-0.3, -0.25) is 14.4 Å². The van der Waals surface area contributed by atoms with Crippen molar-refractivity contribution in [2.24, 2.45) is 7.05 Å². The van der Waals surface area contributed by atoms with Crippen molar-refractivity contribution >= 4 is 23.3 Å². The number of hydrogen-bond donors (Lipinski definition) is 2. The summed E-state index contributed by atoms with van der Waals surface area (Å²) in [7, 11) is 1.66. The first-order chi connectivity index (χ1) is 15.1. The van der Waals surface area contributed by atoms with Gasteiger partial charge < -0.3 is 19.9 Å². The van der Waals surface area contributed by atoms with Gasteiger partial charge in [0.2, 0.25) is 0 Å². The first-order valence-electron chi connectivity index (χ1n) is 10.9. The second-order valence-corrected chi connectivity index (χ2v) is 8.96. The molecule has 1 aromatic heterocycles. The molecule has 7 nitrogen and oxygen atoms in total.